The highest BCUT2D eigenvalue weighted by atomic mass is 19.1. The van der Waals surface area contributed by atoms with E-state index in [0.29, 0.717) is 29.8 Å². The Balaban J connectivity index is 1.88. The molecular formula is C18H19FN4O2. The van der Waals surface area contributed by atoms with Gasteiger partial charge in [-0.3, -0.25) is 5.10 Å². The van der Waals surface area contributed by atoms with Crippen LogP contribution in [-0.2, 0) is 0 Å². The van der Waals surface area contributed by atoms with Gasteiger partial charge >= 0.3 is 0 Å². The summed E-state index contributed by atoms with van der Waals surface area (Å²) in [6.07, 6.45) is 0. The number of ether oxygens (including phenoxy) is 2. The van der Waals surface area contributed by atoms with E-state index in [-0.39, 0.29) is 5.82 Å². The van der Waals surface area contributed by atoms with Crippen molar-refractivity contribution < 1.29 is 13.9 Å². The molecule has 0 spiro atoms. The third-order valence-corrected chi connectivity index (χ3v) is 3.75. The van der Waals surface area contributed by atoms with E-state index in [1.807, 2.05) is 19.1 Å². The molecule has 7 heteroatoms. The Bertz CT molecular complexity index is 849. The molecule has 3 N–H and O–H groups in total. The van der Waals surface area contributed by atoms with Crippen molar-refractivity contribution in [1.29, 1.82) is 0 Å². The second kappa shape index (κ2) is 7.31. The standard InChI is InChI=1S/C18H19FN4O2/c1-3-25-15-10-12(6-9-14(15)24-2)17-21-18(23-22-17)16(20)11-4-7-13(19)8-5-11/h4-10,16H,3,20H2,1-2H3,(H,21,22,23)/t16-/m0/s1. The summed E-state index contributed by atoms with van der Waals surface area (Å²) in [6.45, 7) is 2.42. The van der Waals surface area contributed by atoms with Gasteiger partial charge in [0.2, 0.25) is 0 Å². The van der Waals surface area contributed by atoms with Crippen molar-refractivity contribution in [3.63, 3.8) is 0 Å². The Morgan fingerprint density at radius 1 is 1.16 bits per heavy atom. The quantitative estimate of drug-likeness (QED) is 0.719. The van der Waals surface area contributed by atoms with Crippen LogP contribution in [0.2, 0.25) is 0 Å². The second-order valence-electron chi connectivity index (χ2n) is 5.37. The zero-order valence-electron chi connectivity index (χ0n) is 14.0. The number of aromatic amines is 1. The maximum Gasteiger partial charge on any atom is 0.181 e. The third-order valence-electron chi connectivity index (χ3n) is 3.75. The summed E-state index contributed by atoms with van der Waals surface area (Å²) in [7, 11) is 1.59. The number of aromatic nitrogens is 3. The SMILES string of the molecule is CCOc1cc(-c2n[nH]c([C@@H](N)c3ccc(F)cc3)n2)ccc1OC. The van der Waals surface area contributed by atoms with Crippen LogP contribution in [0.25, 0.3) is 11.4 Å². The number of nitrogens with two attached hydrogens (primary N) is 1. The van der Waals surface area contributed by atoms with Crippen LogP contribution in [0.15, 0.2) is 42.5 Å². The largest absolute Gasteiger partial charge is 0.493 e. The van der Waals surface area contributed by atoms with Crippen molar-refractivity contribution in [1.82, 2.24) is 15.2 Å². The molecule has 6 nitrogen and oxygen atoms in total. The first-order valence-electron chi connectivity index (χ1n) is 7.87. The molecule has 0 aliphatic rings. The topological polar surface area (TPSA) is 86.0 Å². The number of hydrogen-bond donors (Lipinski definition) is 2. The zero-order valence-corrected chi connectivity index (χ0v) is 14.0. The summed E-state index contributed by atoms with van der Waals surface area (Å²) in [5.41, 5.74) is 7.70. The monoisotopic (exact) mass is 342 g/mol. The Morgan fingerprint density at radius 2 is 1.92 bits per heavy atom. The van der Waals surface area contributed by atoms with Crippen LogP contribution in [0.5, 0.6) is 11.5 Å². The molecule has 130 valence electrons. The van der Waals surface area contributed by atoms with Crippen molar-refractivity contribution in [3.05, 3.63) is 59.7 Å². The maximum atomic E-state index is 13.0. The smallest absolute Gasteiger partial charge is 0.181 e. The van der Waals surface area contributed by atoms with Crippen LogP contribution in [-0.4, -0.2) is 28.9 Å². The van der Waals surface area contributed by atoms with Crippen LogP contribution < -0.4 is 15.2 Å². The Hall–Kier alpha value is -2.93. The minimum atomic E-state index is -0.522. The molecule has 1 heterocycles. The molecule has 2 aromatic carbocycles. The van der Waals surface area contributed by atoms with Crippen molar-refractivity contribution in [2.75, 3.05) is 13.7 Å². The van der Waals surface area contributed by atoms with E-state index in [1.54, 1.807) is 25.3 Å². The molecular weight excluding hydrogens is 323 g/mol. The van der Waals surface area contributed by atoms with Crippen LogP contribution in [0.1, 0.15) is 24.4 Å². The number of nitrogens with one attached hydrogen (secondary N) is 1. The Kier molecular flexibility index (Phi) is 4.95. The minimum Gasteiger partial charge on any atom is -0.493 e. The highest BCUT2D eigenvalue weighted by Crippen LogP contribution is 2.31. The third kappa shape index (κ3) is 3.61. The van der Waals surface area contributed by atoms with E-state index >= 15 is 0 Å². The number of hydrogen-bond acceptors (Lipinski definition) is 5. The van der Waals surface area contributed by atoms with Gasteiger partial charge in [-0.2, -0.15) is 5.10 Å². The lowest BCUT2D eigenvalue weighted by molar-refractivity contribution is 0.311. The Labute approximate surface area is 144 Å². The molecule has 0 aliphatic heterocycles. The fourth-order valence-electron chi connectivity index (χ4n) is 2.45. The van der Waals surface area contributed by atoms with Crippen LogP contribution >= 0.6 is 0 Å². The summed E-state index contributed by atoms with van der Waals surface area (Å²) >= 11 is 0. The number of methoxy groups -OCH3 is 1. The fraction of sp³-hybridized carbons (Fsp3) is 0.222. The summed E-state index contributed by atoms with van der Waals surface area (Å²) < 4.78 is 23.9. The first-order chi connectivity index (χ1) is 12.1. The minimum absolute atomic E-state index is 0.309. The molecule has 0 aliphatic carbocycles. The van der Waals surface area contributed by atoms with E-state index in [2.05, 4.69) is 15.2 Å². The molecule has 0 fully saturated rings. The van der Waals surface area contributed by atoms with Gasteiger partial charge in [-0.15, -0.1) is 0 Å². The van der Waals surface area contributed by atoms with Gasteiger partial charge in [-0.1, -0.05) is 12.1 Å². The van der Waals surface area contributed by atoms with Crippen molar-refractivity contribution >= 4 is 0 Å². The van der Waals surface area contributed by atoms with Gasteiger partial charge in [0.05, 0.1) is 19.8 Å². The van der Waals surface area contributed by atoms with E-state index in [4.69, 9.17) is 15.2 Å². The molecule has 0 saturated carbocycles. The van der Waals surface area contributed by atoms with Gasteiger partial charge in [0.15, 0.2) is 17.3 Å². The molecule has 0 amide bonds. The molecule has 1 aromatic heterocycles. The van der Waals surface area contributed by atoms with Gasteiger partial charge < -0.3 is 15.2 Å². The summed E-state index contributed by atoms with van der Waals surface area (Å²) in [5.74, 6) is 1.95. The van der Waals surface area contributed by atoms with E-state index < -0.39 is 6.04 Å². The van der Waals surface area contributed by atoms with Gasteiger partial charge in [0.25, 0.3) is 0 Å². The lowest BCUT2D eigenvalue weighted by atomic mass is 10.1. The first-order valence-corrected chi connectivity index (χ1v) is 7.87. The second-order valence-corrected chi connectivity index (χ2v) is 5.37. The van der Waals surface area contributed by atoms with Gasteiger partial charge in [0.1, 0.15) is 11.6 Å². The fourth-order valence-corrected chi connectivity index (χ4v) is 2.45. The number of H-pyrrole nitrogens is 1. The number of nitrogens with zero attached hydrogens (tertiary/aromatic N) is 2. The van der Waals surface area contributed by atoms with Crippen molar-refractivity contribution in [2.24, 2.45) is 5.73 Å². The summed E-state index contributed by atoms with van der Waals surface area (Å²) in [4.78, 5) is 4.45. The van der Waals surface area contributed by atoms with Gasteiger partial charge in [-0.05, 0) is 42.8 Å². The Morgan fingerprint density at radius 3 is 2.60 bits per heavy atom. The lowest BCUT2D eigenvalue weighted by Gasteiger charge is -2.10. The zero-order chi connectivity index (χ0) is 17.8. The molecule has 0 radical (unpaired) electrons. The van der Waals surface area contributed by atoms with E-state index in [1.165, 1.54) is 12.1 Å². The van der Waals surface area contributed by atoms with E-state index in [9.17, 15) is 4.39 Å². The predicted octanol–water partition coefficient (Wildman–Crippen LogP) is 3.07. The summed E-state index contributed by atoms with van der Waals surface area (Å²) in [5, 5.41) is 7.07. The molecule has 0 bridgehead atoms. The average molecular weight is 342 g/mol. The van der Waals surface area contributed by atoms with Crippen molar-refractivity contribution in [2.45, 2.75) is 13.0 Å². The molecule has 3 aromatic rings. The van der Waals surface area contributed by atoms with Crippen molar-refractivity contribution in [3.8, 4) is 22.9 Å². The van der Waals surface area contributed by atoms with Crippen LogP contribution in [0.3, 0.4) is 0 Å². The number of benzene rings is 2. The van der Waals surface area contributed by atoms with Gasteiger partial charge in [0, 0.05) is 5.56 Å². The lowest BCUT2D eigenvalue weighted by Crippen LogP contribution is -2.13. The molecule has 1 atom stereocenters. The molecule has 0 unspecified atom stereocenters. The van der Waals surface area contributed by atoms with Crippen LogP contribution in [0, 0.1) is 5.82 Å². The normalized spacial score (nSPS) is 12.0. The summed E-state index contributed by atoms with van der Waals surface area (Å²) in [6, 6.07) is 10.9. The number of halogens is 1. The number of rotatable bonds is 6. The van der Waals surface area contributed by atoms with E-state index in [0.717, 1.165) is 11.1 Å². The molecule has 3 rings (SSSR count). The van der Waals surface area contributed by atoms with Gasteiger partial charge in [-0.25, -0.2) is 9.37 Å². The predicted molar refractivity (Wildman–Crippen MR) is 92.0 cm³/mol. The molecule has 0 saturated heterocycles. The highest BCUT2D eigenvalue weighted by Gasteiger charge is 2.16. The highest BCUT2D eigenvalue weighted by molar-refractivity contribution is 5.61. The maximum absolute atomic E-state index is 13.0. The van der Waals surface area contributed by atoms with Crippen LogP contribution in [0.4, 0.5) is 4.39 Å². The first kappa shape index (κ1) is 16.9. The molecule has 25 heavy (non-hydrogen) atoms. The average Bonchev–Trinajstić information content (AvgIpc) is 3.12.